The monoisotopic (exact) mass is 315 g/mol. The Balaban J connectivity index is 2.24. The van der Waals surface area contributed by atoms with Crippen molar-refractivity contribution in [2.75, 3.05) is 13.2 Å². The normalized spacial score (nSPS) is 18.0. The van der Waals surface area contributed by atoms with Gasteiger partial charge in [0.25, 0.3) is 0 Å². The second kappa shape index (κ2) is 6.76. The fourth-order valence-corrected chi connectivity index (χ4v) is 2.93. The Labute approximate surface area is 129 Å². The number of benzene rings is 1. The molecule has 0 bridgehead atoms. The van der Waals surface area contributed by atoms with E-state index >= 15 is 0 Å². The zero-order valence-electron chi connectivity index (χ0n) is 11.4. The van der Waals surface area contributed by atoms with E-state index in [4.69, 9.17) is 23.2 Å². The van der Waals surface area contributed by atoms with Crippen molar-refractivity contribution in [3.8, 4) is 0 Å². The maximum absolute atomic E-state index is 11.1. The van der Waals surface area contributed by atoms with Gasteiger partial charge in [0.2, 0.25) is 0 Å². The number of rotatable bonds is 6. The lowest BCUT2D eigenvalue weighted by molar-refractivity contribution is -0.0139. The van der Waals surface area contributed by atoms with Gasteiger partial charge in [0.05, 0.1) is 12.9 Å². The fraction of sp³-hybridized carbons (Fsp3) is 0.500. The third-order valence-corrected chi connectivity index (χ3v) is 3.96. The summed E-state index contributed by atoms with van der Waals surface area (Å²) in [6.07, 6.45) is 4.20. The van der Waals surface area contributed by atoms with Crippen molar-refractivity contribution in [1.82, 2.24) is 10.4 Å². The Kier molecular flexibility index (Phi) is 5.27. The highest BCUT2D eigenvalue weighted by molar-refractivity contribution is 6.35. The van der Waals surface area contributed by atoms with Crippen LogP contribution in [-0.4, -0.2) is 29.7 Å². The van der Waals surface area contributed by atoms with Crippen molar-refractivity contribution in [2.45, 2.75) is 31.8 Å². The molecule has 20 heavy (non-hydrogen) atoms. The number of halogens is 2. The summed E-state index contributed by atoms with van der Waals surface area (Å²) in [4.78, 5) is 4.08. The highest BCUT2D eigenvalue weighted by Gasteiger charge is 2.33. The first-order valence-corrected chi connectivity index (χ1v) is 7.48. The molecule has 0 aliphatic carbocycles. The van der Waals surface area contributed by atoms with Crippen LogP contribution in [0.4, 0.5) is 0 Å². The molecule has 0 aromatic heterocycles. The largest absolute Gasteiger partial charge is 0.384 e. The summed E-state index contributed by atoms with van der Waals surface area (Å²) in [6.45, 7) is 3.05. The van der Waals surface area contributed by atoms with Gasteiger partial charge in [-0.15, -0.1) is 0 Å². The van der Waals surface area contributed by atoms with Gasteiger partial charge in [-0.25, -0.2) is 0 Å². The molecule has 6 heteroatoms. The molecule has 0 radical (unpaired) electrons. The number of aliphatic imine (C=N–C) groups is 1. The van der Waals surface area contributed by atoms with Crippen LogP contribution in [0.3, 0.4) is 0 Å². The molecule has 4 nitrogen and oxygen atoms in total. The number of nitrogens with zero attached hydrogens (tertiary/aromatic N) is 2. The molecule has 1 aliphatic rings. The Morgan fingerprint density at radius 1 is 1.45 bits per heavy atom. The molecule has 1 aliphatic heterocycles. The number of hydrogen-bond donors (Lipinski definition) is 2. The van der Waals surface area contributed by atoms with Crippen LogP contribution in [0.5, 0.6) is 0 Å². The highest BCUT2D eigenvalue weighted by atomic mass is 35.5. The molecule has 1 aromatic rings. The maximum atomic E-state index is 11.1. The molecule has 0 amide bonds. The van der Waals surface area contributed by atoms with E-state index in [1.54, 1.807) is 24.5 Å². The molecular formula is C14H19Cl2N3O. The minimum Gasteiger partial charge on any atom is -0.384 e. The summed E-state index contributed by atoms with van der Waals surface area (Å²) in [6, 6.07) is 5.23. The van der Waals surface area contributed by atoms with E-state index in [1.165, 1.54) is 0 Å². The zero-order valence-corrected chi connectivity index (χ0v) is 13.0. The van der Waals surface area contributed by atoms with Crippen molar-refractivity contribution in [3.63, 3.8) is 0 Å². The minimum atomic E-state index is -1.02. The van der Waals surface area contributed by atoms with Gasteiger partial charge in [0.15, 0.2) is 0 Å². The van der Waals surface area contributed by atoms with Crippen LogP contribution in [0, 0.1) is 0 Å². The first-order chi connectivity index (χ1) is 9.55. The second-order valence-corrected chi connectivity index (χ2v) is 5.88. The standard InChI is InChI=1S/C14H19Cl2N3O/c1-2-3-6-14(20,8-19-10-17-9-18-19)12-5-4-11(15)7-13(12)16/h4-5,7,9,20H,2-3,6,8,10H2,1H3,(H,17,18). The molecule has 0 saturated carbocycles. The SMILES string of the molecule is CCCCC(O)(CN1CN=CN1)c1ccc(Cl)cc1Cl. The topological polar surface area (TPSA) is 47.9 Å². The van der Waals surface area contributed by atoms with E-state index in [9.17, 15) is 5.11 Å². The summed E-state index contributed by atoms with van der Waals surface area (Å²) < 4.78 is 0. The van der Waals surface area contributed by atoms with Gasteiger partial charge in [-0.05, 0) is 18.6 Å². The first-order valence-electron chi connectivity index (χ1n) is 6.72. The molecular weight excluding hydrogens is 297 g/mol. The first kappa shape index (κ1) is 15.6. The van der Waals surface area contributed by atoms with Gasteiger partial charge in [-0.2, -0.15) is 5.01 Å². The van der Waals surface area contributed by atoms with Crippen LogP contribution in [0.25, 0.3) is 0 Å². The van der Waals surface area contributed by atoms with Gasteiger partial charge < -0.3 is 10.5 Å². The zero-order chi connectivity index (χ0) is 14.6. The average molecular weight is 316 g/mol. The van der Waals surface area contributed by atoms with Crippen LogP contribution in [0.1, 0.15) is 31.7 Å². The van der Waals surface area contributed by atoms with E-state index in [0.29, 0.717) is 35.2 Å². The lowest BCUT2D eigenvalue weighted by atomic mass is 9.88. The average Bonchev–Trinajstić information content (AvgIpc) is 2.88. The molecule has 110 valence electrons. The Hall–Kier alpha value is -0.810. The molecule has 0 saturated heterocycles. The molecule has 1 heterocycles. The Morgan fingerprint density at radius 3 is 2.85 bits per heavy atom. The van der Waals surface area contributed by atoms with Gasteiger partial charge in [-0.1, -0.05) is 49.0 Å². The summed E-state index contributed by atoms with van der Waals surface area (Å²) >= 11 is 12.2. The van der Waals surface area contributed by atoms with Gasteiger partial charge in [0.1, 0.15) is 12.3 Å². The number of unbranched alkanes of at least 4 members (excludes halogenated alkanes) is 1. The van der Waals surface area contributed by atoms with E-state index in [2.05, 4.69) is 17.3 Å². The molecule has 2 rings (SSSR count). The number of β-amino-alcohol motifs (C(OH)–C–C–N with tert-alkyl or cyclic N) is 1. The Morgan fingerprint density at radius 2 is 2.25 bits per heavy atom. The lowest BCUT2D eigenvalue weighted by Crippen LogP contribution is -2.44. The van der Waals surface area contributed by atoms with E-state index in [-0.39, 0.29) is 0 Å². The molecule has 1 unspecified atom stereocenters. The van der Waals surface area contributed by atoms with Crippen LogP contribution in [-0.2, 0) is 5.60 Å². The van der Waals surface area contributed by atoms with Crippen LogP contribution in [0.2, 0.25) is 10.0 Å². The second-order valence-electron chi connectivity index (χ2n) is 5.04. The number of hydrazine groups is 1. The van der Waals surface area contributed by atoms with Crippen LogP contribution < -0.4 is 5.43 Å². The summed E-state index contributed by atoms with van der Waals surface area (Å²) in [7, 11) is 0. The predicted molar refractivity (Wildman–Crippen MR) is 83.1 cm³/mol. The van der Waals surface area contributed by atoms with E-state index in [1.807, 2.05) is 5.01 Å². The van der Waals surface area contributed by atoms with Gasteiger partial charge >= 0.3 is 0 Å². The minimum absolute atomic E-state index is 0.425. The Bertz CT molecular complexity index is 487. The van der Waals surface area contributed by atoms with E-state index in [0.717, 1.165) is 12.8 Å². The van der Waals surface area contributed by atoms with Crippen molar-refractivity contribution in [1.29, 1.82) is 0 Å². The number of aliphatic hydroxyl groups is 1. The van der Waals surface area contributed by atoms with E-state index < -0.39 is 5.60 Å². The predicted octanol–water partition coefficient (Wildman–Crippen LogP) is 3.18. The van der Waals surface area contributed by atoms with Crippen LogP contribution >= 0.6 is 23.2 Å². The van der Waals surface area contributed by atoms with Gasteiger partial charge in [0, 0.05) is 15.6 Å². The number of hydrogen-bond acceptors (Lipinski definition) is 4. The molecule has 0 spiro atoms. The molecule has 0 fully saturated rings. The number of nitrogens with one attached hydrogen (secondary N) is 1. The molecule has 1 atom stereocenters. The summed E-state index contributed by atoms with van der Waals surface area (Å²) in [5.74, 6) is 0. The molecule has 1 aromatic carbocycles. The summed E-state index contributed by atoms with van der Waals surface area (Å²) in [5, 5.41) is 14.0. The smallest absolute Gasteiger partial charge is 0.110 e. The van der Waals surface area contributed by atoms with Crippen molar-refractivity contribution in [3.05, 3.63) is 33.8 Å². The third kappa shape index (κ3) is 3.64. The maximum Gasteiger partial charge on any atom is 0.110 e. The van der Waals surface area contributed by atoms with Gasteiger partial charge in [-0.3, -0.25) is 4.99 Å². The third-order valence-electron chi connectivity index (χ3n) is 3.41. The quantitative estimate of drug-likeness (QED) is 0.847. The highest BCUT2D eigenvalue weighted by Crippen LogP contribution is 2.34. The summed E-state index contributed by atoms with van der Waals surface area (Å²) in [5.41, 5.74) is 2.70. The van der Waals surface area contributed by atoms with Crippen molar-refractivity contribution >= 4 is 29.5 Å². The fourth-order valence-electron chi connectivity index (χ4n) is 2.35. The molecule has 2 N–H and O–H groups in total. The van der Waals surface area contributed by atoms with Crippen molar-refractivity contribution < 1.29 is 5.11 Å². The van der Waals surface area contributed by atoms with Crippen molar-refractivity contribution in [2.24, 2.45) is 4.99 Å². The van der Waals surface area contributed by atoms with Crippen LogP contribution in [0.15, 0.2) is 23.2 Å². The lowest BCUT2D eigenvalue weighted by Gasteiger charge is -2.33.